The van der Waals surface area contributed by atoms with Crippen molar-refractivity contribution >= 4 is 16.8 Å². The van der Waals surface area contributed by atoms with Crippen molar-refractivity contribution in [3.05, 3.63) is 70.9 Å². The third-order valence-electron chi connectivity index (χ3n) is 5.27. The molecule has 0 N–H and O–H groups in total. The predicted molar refractivity (Wildman–Crippen MR) is 96.9 cm³/mol. The number of aryl methyl sites for hydroxylation is 2. The van der Waals surface area contributed by atoms with E-state index in [-0.39, 0.29) is 5.91 Å². The number of carbonyl (C=O) groups is 1. The molecule has 3 heteroatoms. The summed E-state index contributed by atoms with van der Waals surface area (Å²) in [6, 6.07) is 16.6. The molecular formula is C21H22N2O. The van der Waals surface area contributed by atoms with Crippen LogP contribution in [0.2, 0.25) is 0 Å². The average molecular weight is 318 g/mol. The van der Waals surface area contributed by atoms with E-state index in [0.717, 1.165) is 25.1 Å². The average Bonchev–Trinajstić information content (AvgIpc) is 2.90. The van der Waals surface area contributed by atoms with Crippen LogP contribution in [0, 0.1) is 6.92 Å². The molecule has 0 atom stereocenters. The monoisotopic (exact) mass is 318 g/mol. The van der Waals surface area contributed by atoms with Gasteiger partial charge in [0.15, 0.2) is 0 Å². The van der Waals surface area contributed by atoms with Gasteiger partial charge in [-0.15, -0.1) is 0 Å². The lowest BCUT2D eigenvalue weighted by Gasteiger charge is -2.28. The summed E-state index contributed by atoms with van der Waals surface area (Å²) in [6.45, 7) is 3.60. The summed E-state index contributed by atoms with van der Waals surface area (Å²) in [4.78, 5) is 14.8. The fourth-order valence-corrected chi connectivity index (χ4v) is 3.83. The number of fused-ring (bicyclic) bond motifs is 3. The van der Waals surface area contributed by atoms with Gasteiger partial charge in [-0.2, -0.15) is 0 Å². The van der Waals surface area contributed by atoms with E-state index in [9.17, 15) is 4.79 Å². The quantitative estimate of drug-likeness (QED) is 0.708. The molecule has 1 aliphatic heterocycles. The molecule has 0 bridgehead atoms. The molecule has 0 fully saturated rings. The number of hydrogen-bond donors (Lipinski definition) is 0. The molecule has 1 aliphatic rings. The Morgan fingerprint density at radius 2 is 1.83 bits per heavy atom. The van der Waals surface area contributed by atoms with Crippen LogP contribution >= 0.6 is 0 Å². The zero-order chi connectivity index (χ0) is 16.7. The number of rotatable bonds is 2. The second kappa shape index (κ2) is 5.82. The van der Waals surface area contributed by atoms with Crippen molar-refractivity contribution < 1.29 is 4.79 Å². The van der Waals surface area contributed by atoms with Crippen LogP contribution in [0.15, 0.2) is 48.5 Å². The van der Waals surface area contributed by atoms with Crippen LogP contribution in [0.1, 0.15) is 22.4 Å². The van der Waals surface area contributed by atoms with Gasteiger partial charge in [0.05, 0.1) is 6.42 Å². The van der Waals surface area contributed by atoms with Gasteiger partial charge in [-0.1, -0.05) is 42.5 Å². The lowest BCUT2D eigenvalue weighted by atomic mass is 10.0. The van der Waals surface area contributed by atoms with Crippen molar-refractivity contribution in [2.24, 2.45) is 7.05 Å². The van der Waals surface area contributed by atoms with E-state index in [1.54, 1.807) is 0 Å². The summed E-state index contributed by atoms with van der Waals surface area (Å²) in [5.74, 6) is 0.225. The van der Waals surface area contributed by atoms with Gasteiger partial charge in [-0.05, 0) is 24.1 Å². The third-order valence-corrected chi connectivity index (χ3v) is 5.27. The number of amides is 1. The maximum absolute atomic E-state index is 12.8. The van der Waals surface area contributed by atoms with E-state index in [1.165, 1.54) is 27.7 Å². The summed E-state index contributed by atoms with van der Waals surface area (Å²) in [5.41, 5.74) is 6.27. The van der Waals surface area contributed by atoms with Crippen molar-refractivity contribution in [2.45, 2.75) is 26.3 Å². The van der Waals surface area contributed by atoms with E-state index >= 15 is 0 Å². The fourth-order valence-electron chi connectivity index (χ4n) is 3.83. The van der Waals surface area contributed by atoms with Gasteiger partial charge in [-0.3, -0.25) is 4.79 Å². The first kappa shape index (κ1) is 15.0. The van der Waals surface area contributed by atoms with Crippen LogP contribution < -0.4 is 0 Å². The molecular weight excluding hydrogens is 296 g/mol. The van der Waals surface area contributed by atoms with Crippen LogP contribution in [0.4, 0.5) is 0 Å². The molecule has 122 valence electrons. The largest absolute Gasteiger partial charge is 0.347 e. The molecule has 0 unspecified atom stereocenters. The van der Waals surface area contributed by atoms with Crippen molar-refractivity contribution in [2.75, 3.05) is 6.54 Å². The van der Waals surface area contributed by atoms with Crippen LogP contribution in [0.25, 0.3) is 10.9 Å². The first-order valence-corrected chi connectivity index (χ1v) is 8.52. The van der Waals surface area contributed by atoms with E-state index in [2.05, 4.69) is 54.9 Å². The highest BCUT2D eigenvalue weighted by Gasteiger charge is 2.25. The smallest absolute Gasteiger partial charge is 0.227 e. The Hall–Kier alpha value is -2.55. The van der Waals surface area contributed by atoms with E-state index < -0.39 is 0 Å². The van der Waals surface area contributed by atoms with E-state index in [0.29, 0.717) is 6.42 Å². The lowest BCUT2D eigenvalue weighted by Crippen LogP contribution is -2.37. The normalized spacial score (nSPS) is 14.0. The van der Waals surface area contributed by atoms with E-state index in [1.807, 2.05) is 17.0 Å². The third kappa shape index (κ3) is 2.41. The van der Waals surface area contributed by atoms with Crippen molar-refractivity contribution in [1.29, 1.82) is 0 Å². The van der Waals surface area contributed by atoms with E-state index in [4.69, 9.17) is 0 Å². The Labute approximate surface area is 142 Å². The Bertz CT molecular complexity index is 923. The number of para-hydroxylation sites is 1. The predicted octanol–water partition coefficient (Wildman–Crippen LogP) is 3.61. The first-order chi connectivity index (χ1) is 11.6. The minimum atomic E-state index is 0.225. The molecule has 24 heavy (non-hydrogen) atoms. The first-order valence-electron chi connectivity index (χ1n) is 8.52. The molecule has 2 aromatic carbocycles. The molecule has 4 rings (SSSR count). The Morgan fingerprint density at radius 1 is 1.08 bits per heavy atom. The SMILES string of the molecule is Cc1ccccc1CC(=O)N1CCc2c(c3ccccc3n2C)C1. The van der Waals surface area contributed by atoms with Gasteiger partial charge >= 0.3 is 0 Å². The summed E-state index contributed by atoms with van der Waals surface area (Å²) in [7, 11) is 2.13. The van der Waals surface area contributed by atoms with Crippen LogP contribution in [-0.2, 0) is 31.2 Å². The van der Waals surface area contributed by atoms with Crippen molar-refractivity contribution in [3.8, 4) is 0 Å². The zero-order valence-corrected chi connectivity index (χ0v) is 14.2. The molecule has 2 heterocycles. The Balaban J connectivity index is 1.61. The molecule has 3 nitrogen and oxygen atoms in total. The molecule has 0 radical (unpaired) electrons. The molecule has 1 aromatic heterocycles. The van der Waals surface area contributed by atoms with Gasteiger partial charge < -0.3 is 9.47 Å². The highest BCUT2D eigenvalue weighted by molar-refractivity contribution is 5.87. The molecule has 0 aliphatic carbocycles. The van der Waals surface area contributed by atoms with Crippen LogP contribution in [0.5, 0.6) is 0 Å². The minimum Gasteiger partial charge on any atom is -0.347 e. The highest BCUT2D eigenvalue weighted by Crippen LogP contribution is 2.30. The standard InChI is InChI=1S/C21H22N2O/c1-15-7-3-4-8-16(15)13-21(24)23-12-11-20-18(14-23)17-9-5-6-10-19(17)22(20)2/h3-10H,11-14H2,1-2H3. The molecule has 1 amide bonds. The zero-order valence-electron chi connectivity index (χ0n) is 14.2. The number of aromatic nitrogens is 1. The second-order valence-electron chi connectivity index (χ2n) is 6.67. The number of carbonyl (C=O) groups excluding carboxylic acids is 1. The molecule has 0 spiro atoms. The van der Waals surface area contributed by atoms with Gasteiger partial charge in [-0.25, -0.2) is 0 Å². The summed E-state index contributed by atoms with van der Waals surface area (Å²) >= 11 is 0. The minimum absolute atomic E-state index is 0.225. The van der Waals surface area contributed by atoms with Gasteiger partial charge in [0.25, 0.3) is 0 Å². The van der Waals surface area contributed by atoms with Gasteiger partial charge in [0.2, 0.25) is 5.91 Å². The molecule has 0 saturated carbocycles. The van der Waals surface area contributed by atoms with Crippen molar-refractivity contribution in [3.63, 3.8) is 0 Å². The summed E-state index contributed by atoms with van der Waals surface area (Å²) in [5, 5.41) is 1.28. The lowest BCUT2D eigenvalue weighted by molar-refractivity contribution is -0.131. The van der Waals surface area contributed by atoms with Gasteiger partial charge in [0, 0.05) is 48.7 Å². The molecule has 3 aromatic rings. The van der Waals surface area contributed by atoms with Crippen molar-refractivity contribution in [1.82, 2.24) is 9.47 Å². The van der Waals surface area contributed by atoms with Crippen LogP contribution in [0.3, 0.4) is 0 Å². The second-order valence-corrected chi connectivity index (χ2v) is 6.67. The topological polar surface area (TPSA) is 25.2 Å². The summed E-state index contributed by atoms with van der Waals surface area (Å²) < 4.78 is 2.29. The molecule has 0 saturated heterocycles. The highest BCUT2D eigenvalue weighted by atomic mass is 16.2. The summed E-state index contributed by atoms with van der Waals surface area (Å²) in [6.07, 6.45) is 1.42. The van der Waals surface area contributed by atoms with Crippen LogP contribution in [-0.4, -0.2) is 21.9 Å². The fraction of sp³-hybridized carbons (Fsp3) is 0.286. The van der Waals surface area contributed by atoms with Gasteiger partial charge in [0.1, 0.15) is 0 Å². The Morgan fingerprint density at radius 3 is 2.67 bits per heavy atom. The maximum Gasteiger partial charge on any atom is 0.227 e. The Kier molecular flexibility index (Phi) is 3.64. The number of nitrogens with zero attached hydrogens (tertiary/aromatic N) is 2. The number of benzene rings is 2. The number of hydrogen-bond acceptors (Lipinski definition) is 1. The maximum atomic E-state index is 12.8.